The summed E-state index contributed by atoms with van der Waals surface area (Å²) in [7, 11) is 5.79. The van der Waals surface area contributed by atoms with Crippen LogP contribution >= 0.6 is 23.2 Å². The molecule has 0 bridgehead atoms. The summed E-state index contributed by atoms with van der Waals surface area (Å²) in [4.78, 5) is 8.48. The molecule has 2 rings (SSSR count). The Bertz CT molecular complexity index is 793. The topological polar surface area (TPSA) is 24.7 Å². The van der Waals surface area contributed by atoms with E-state index in [1.165, 1.54) is 6.07 Å². The monoisotopic (exact) mass is 383 g/mol. The highest BCUT2D eigenvalue weighted by molar-refractivity contribution is 7.77. The average Bonchev–Trinajstić information content (AvgIpc) is 2.45. The molecule has 0 N–H and O–H groups in total. The molecule has 0 aromatic heterocycles. The molecule has 2 aromatic carbocycles. The predicted octanol–water partition coefficient (Wildman–Crippen LogP) is 4.82. The number of hydrogen-bond donors (Lipinski definition) is 0. The number of quaternary nitrogens is 1. The van der Waals surface area contributed by atoms with Crippen LogP contribution in [0.1, 0.15) is 5.56 Å². The van der Waals surface area contributed by atoms with Crippen LogP contribution in [0.4, 0.5) is 10.1 Å². The molecule has 0 unspecified atom stereocenters. The fraction of sp³-hybridized carbons (Fsp3) is 0.176. The number of para-hydroxylation sites is 1. The summed E-state index contributed by atoms with van der Waals surface area (Å²) in [6.45, 7) is 0. The van der Waals surface area contributed by atoms with Gasteiger partial charge in [-0.2, -0.15) is 0 Å². The van der Waals surface area contributed by atoms with Gasteiger partial charge in [-0.15, -0.1) is 0 Å². The lowest BCUT2D eigenvalue weighted by molar-refractivity contribution is -0.775. The molecule has 0 saturated heterocycles. The van der Waals surface area contributed by atoms with E-state index in [0.717, 1.165) is 5.56 Å². The van der Waals surface area contributed by atoms with Gasteiger partial charge in [-0.25, -0.2) is 9.38 Å². The van der Waals surface area contributed by atoms with E-state index in [0.29, 0.717) is 20.4 Å². The van der Waals surface area contributed by atoms with Crippen LogP contribution < -0.4 is 0 Å². The molecule has 24 heavy (non-hydrogen) atoms. The highest BCUT2D eigenvalue weighted by Gasteiger charge is 2.21. The third-order valence-corrected chi connectivity index (χ3v) is 3.65. The van der Waals surface area contributed by atoms with Crippen molar-refractivity contribution in [2.75, 3.05) is 21.1 Å². The summed E-state index contributed by atoms with van der Waals surface area (Å²) < 4.78 is 14.1. The Morgan fingerprint density at radius 2 is 1.62 bits per heavy atom. The number of benzene rings is 2. The van der Waals surface area contributed by atoms with E-state index < -0.39 is 5.82 Å². The van der Waals surface area contributed by atoms with E-state index in [1.807, 2.05) is 21.1 Å². The normalized spacial score (nSPS) is 13.2. The fourth-order valence-corrected chi connectivity index (χ4v) is 2.76. The summed E-state index contributed by atoms with van der Waals surface area (Å²) in [6.07, 6.45) is 0. The van der Waals surface area contributed by atoms with Crippen molar-refractivity contribution < 1.29 is 8.87 Å². The summed E-state index contributed by atoms with van der Waals surface area (Å²) >= 11 is 17.4. The van der Waals surface area contributed by atoms with E-state index in [9.17, 15) is 4.39 Å². The minimum absolute atomic E-state index is 0.0271. The van der Waals surface area contributed by atoms with E-state index in [2.05, 4.69) is 9.98 Å². The first kappa shape index (κ1) is 18.8. The molecule has 2 aromatic rings. The Kier molecular flexibility index (Phi) is 5.93. The lowest BCUT2D eigenvalue weighted by Gasteiger charge is -2.26. The molecule has 0 aliphatic rings. The van der Waals surface area contributed by atoms with Crippen molar-refractivity contribution in [1.82, 2.24) is 0 Å². The summed E-state index contributed by atoms with van der Waals surface area (Å²) in [5.41, 5.74) is 0.877. The minimum Gasteiger partial charge on any atom is -0.740 e. The lowest BCUT2D eigenvalue weighted by Crippen LogP contribution is -2.42. The average molecular weight is 384 g/mol. The Morgan fingerprint density at radius 1 is 1.04 bits per heavy atom. The zero-order valence-corrected chi connectivity index (χ0v) is 15.8. The largest absolute Gasteiger partial charge is 0.740 e. The van der Waals surface area contributed by atoms with E-state index in [-0.39, 0.29) is 10.9 Å². The maximum Gasteiger partial charge on any atom is 0.234 e. The number of amidine groups is 2. The third-order valence-electron chi connectivity index (χ3n) is 3.03. The molecular formula is C17H16Cl2FN3S. The van der Waals surface area contributed by atoms with E-state index >= 15 is 0 Å². The Hall–Kier alpha value is -1.53. The van der Waals surface area contributed by atoms with Crippen LogP contribution in [-0.4, -0.2) is 36.6 Å². The molecule has 0 radical (unpaired) electrons. The molecule has 0 aliphatic carbocycles. The Labute approximate surface area is 156 Å². The van der Waals surface area contributed by atoms with Gasteiger partial charge in [0.2, 0.25) is 5.84 Å². The SMILES string of the molecule is C[N+](C)(C)C(=NC([S-])=Nc1ccccc1F)c1cc(Cl)cc(Cl)c1. The molecule has 7 heteroatoms. The molecular weight excluding hydrogens is 368 g/mol. The standard InChI is InChI=1S/C17H16Cl2FN3S/c1-23(2,3)16(11-8-12(18)10-13(19)9-11)22-17(24)21-15-7-5-4-6-14(15)20/h4-10H,1-3H3. The number of halogens is 3. The zero-order valence-electron chi connectivity index (χ0n) is 13.4. The first-order valence-corrected chi connectivity index (χ1v) is 8.20. The second-order valence-electron chi connectivity index (χ2n) is 5.95. The number of hydrogen-bond acceptors (Lipinski definition) is 2. The summed E-state index contributed by atoms with van der Waals surface area (Å²) in [5.74, 6) is 0.164. The van der Waals surface area contributed by atoms with Crippen LogP contribution in [0.15, 0.2) is 52.4 Å². The fourth-order valence-electron chi connectivity index (χ4n) is 2.05. The van der Waals surface area contributed by atoms with Crippen molar-refractivity contribution >= 4 is 52.5 Å². The molecule has 0 fully saturated rings. The Morgan fingerprint density at radius 3 is 2.17 bits per heavy atom. The predicted molar refractivity (Wildman–Crippen MR) is 102 cm³/mol. The highest BCUT2D eigenvalue weighted by Crippen LogP contribution is 2.22. The molecule has 0 heterocycles. The van der Waals surface area contributed by atoms with Crippen molar-refractivity contribution in [1.29, 1.82) is 0 Å². The van der Waals surface area contributed by atoms with Crippen molar-refractivity contribution in [3.8, 4) is 0 Å². The number of nitrogens with zero attached hydrogens (tertiary/aromatic N) is 3. The molecule has 126 valence electrons. The lowest BCUT2D eigenvalue weighted by atomic mass is 10.2. The van der Waals surface area contributed by atoms with Gasteiger partial charge < -0.3 is 12.6 Å². The van der Waals surface area contributed by atoms with Crippen molar-refractivity contribution in [2.45, 2.75) is 0 Å². The summed E-state index contributed by atoms with van der Waals surface area (Å²) in [5, 5.41) is 1.02. The second kappa shape index (κ2) is 7.57. The van der Waals surface area contributed by atoms with Gasteiger partial charge in [0.05, 0.1) is 32.4 Å². The van der Waals surface area contributed by atoms with Gasteiger partial charge in [0, 0.05) is 15.2 Å². The van der Waals surface area contributed by atoms with Gasteiger partial charge in [0.25, 0.3) is 0 Å². The van der Waals surface area contributed by atoms with Crippen LogP contribution in [0.5, 0.6) is 0 Å². The van der Waals surface area contributed by atoms with Gasteiger partial charge in [-0.1, -0.05) is 35.3 Å². The van der Waals surface area contributed by atoms with Gasteiger partial charge in [0.15, 0.2) is 0 Å². The first-order valence-electron chi connectivity index (χ1n) is 7.04. The van der Waals surface area contributed by atoms with Crippen molar-refractivity contribution in [3.63, 3.8) is 0 Å². The first-order chi connectivity index (χ1) is 11.2. The van der Waals surface area contributed by atoms with Gasteiger partial charge in [-0.05, 0) is 30.3 Å². The number of rotatable bonds is 2. The second-order valence-corrected chi connectivity index (χ2v) is 7.19. The summed E-state index contributed by atoms with van der Waals surface area (Å²) in [6, 6.07) is 11.3. The smallest absolute Gasteiger partial charge is 0.234 e. The van der Waals surface area contributed by atoms with Crippen LogP contribution in [-0.2, 0) is 12.6 Å². The third kappa shape index (κ3) is 4.98. The molecule has 0 atom stereocenters. The van der Waals surface area contributed by atoms with Crippen molar-refractivity contribution in [2.24, 2.45) is 9.98 Å². The maximum absolute atomic E-state index is 13.7. The van der Waals surface area contributed by atoms with Gasteiger partial charge in [0.1, 0.15) is 5.82 Å². The van der Waals surface area contributed by atoms with E-state index in [4.69, 9.17) is 35.8 Å². The zero-order chi connectivity index (χ0) is 17.9. The molecule has 0 saturated carbocycles. The van der Waals surface area contributed by atoms with Gasteiger partial charge >= 0.3 is 0 Å². The quantitative estimate of drug-likeness (QED) is 0.315. The van der Waals surface area contributed by atoms with Crippen LogP contribution in [0, 0.1) is 5.82 Å². The van der Waals surface area contributed by atoms with Crippen LogP contribution in [0.2, 0.25) is 10.0 Å². The Balaban J connectivity index is 2.52. The van der Waals surface area contributed by atoms with Crippen LogP contribution in [0.25, 0.3) is 0 Å². The minimum atomic E-state index is -0.451. The van der Waals surface area contributed by atoms with Gasteiger partial charge in [-0.3, -0.25) is 9.48 Å². The van der Waals surface area contributed by atoms with Crippen LogP contribution in [0.3, 0.4) is 0 Å². The maximum atomic E-state index is 13.7. The molecule has 0 spiro atoms. The number of aliphatic imine (C=N–C) groups is 2. The van der Waals surface area contributed by atoms with E-state index in [1.54, 1.807) is 36.4 Å². The van der Waals surface area contributed by atoms with Crippen molar-refractivity contribution in [3.05, 3.63) is 63.9 Å². The molecule has 0 aliphatic heterocycles. The molecule has 3 nitrogen and oxygen atoms in total. The molecule has 0 amide bonds. The highest BCUT2D eigenvalue weighted by atomic mass is 35.5.